The number of benzene rings is 2. The molecule has 6 heteroatoms. The summed E-state index contributed by atoms with van der Waals surface area (Å²) in [5.74, 6) is 0.238. The van der Waals surface area contributed by atoms with E-state index in [1.54, 1.807) is 0 Å². The van der Waals surface area contributed by atoms with Gasteiger partial charge in [0, 0.05) is 0 Å². The first-order valence-electron chi connectivity index (χ1n) is 6.67. The van der Waals surface area contributed by atoms with Crippen molar-refractivity contribution in [2.45, 2.75) is 0 Å². The third-order valence-electron chi connectivity index (χ3n) is 2.69. The fourth-order valence-electron chi connectivity index (χ4n) is 1.66. The third kappa shape index (κ3) is 5.26. The predicted molar refractivity (Wildman–Crippen MR) is 81.9 cm³/mol. The number of nitrogens with one attached hydrogen (secondary N) is 1. The normalized spacial score (nSPS) is 10.1. The van der Waals surface area contributed by atoms with Crippen LogP contribution < -0.4 is 14.8 Å². The molecule has 0 radical (unpaired) electrons. The first-order valence-corrected chi connectivity index (χ1v) is 7.05. The van der Waals surface area contributed by atoms with Gasteiger partial charge in [-0.3, -0.25) is 4.79 Å². The number of amides is 1. The monoisotopic (exact) mass is 323 g/mol. The number of halogens is 2. The van der Waals surface area contributed by atoms with Crippen LogP contribution in [0.1, 0.15) is 0 Å². The maximum Gasteiger partial charge on any atom is 0.258 e. The van der Waals surface area contributed by atoms with Crippen LogP contribution in [0.15, 0.2) is 48.5 Å². The standard InChI is InChI=1S/C16H15ClFNO3/c17-14-10-12(18)6-7-15(14)22-11-16(20)19-8-9-21-13-4-2-1-3-5-13/h1-7,10H,8-9,11H2,(H,19,20). The number of hydrogen-bond donors (Lipinski definition) is 1. The van der Waals surface area contributed by atoms with E-state index in [1.165, 1.54) is 12.1 Å². The molecule has 116 valence electrons. The summed E-state index contributed by atoms with van der Waals surface area (Å²) in [6, 6.07) is 13.0. The van der Waals surface area contributed by atoms with E-state index in [-0.39, 0.29) is 23.3 Å². The van der Waals surface area contributed by atoms with E-state index in [0.717, 1.165) is 11.8 Å². The fraction of sp³-hybridized carbons (Fsp3) is 0.188. The summed E-state index contributed by atoms with van der Waals surface area (Å²) in [6.07, 6.45) is 0. The van der Waals surface area contributed by atoms with E-state index in [2.05, 4.69) is 5.32 Å². The number of carbonyl (C=O) groups excluding carboxylic acids is 1. The van der Waals surface area contributed by atoms with Crippen molar-refractivity contribution in [3.63, 3.8) is 0 Å². The number of rotatable bonds is 7. The van der Waals surface area contributed by atoms with Gasteiger partial charge in [-0.1, -0.05) is 29.8 Å². The highest BCUT2D eigenvalue weighted by molar-refractivity contribution is 6.32. The Morgan fingerprint density at radius 1 is 1.14 bits per heavy atom. The molecule has 0 aromatic heterocycles. The van der Waals surface area contributed by atoms with Crippen molar-refractivity contribution in [1.82, 2.24) is 5.32 Å². The molecule has 2 aromatic carbocycles. The lowest BCUT2D eigenvalue weighted by molar-refractivity contribution is -0.123. The Kier molecular flexibility index (Phi) is 6.03. The molecule has 0 aliphatic rings. The Morgan fingerprint density at radius 3 is 2.64 bits per heavy atom. The van der Waals surface area contributed by atoms with E-state index in [1.807, 2.05) is 30.3 Å². The van der Waals surface area contributed by atoms with Crippen LogP contribution in [0, 0.1) is 5.82 Å². The van der Waals surface area contributed by atoms with Gasteiger partial charge < -0.3 is 14.8 Å². The quantitative estimate of drug-likeness (QED) is 0.797. The molecule has 4 nitrogen and oxygen atoms in total. The van der Waals surface area contributed by atoms with Crippen LogP contribution in [0.25, 0.3) is 0 Å². The summed E-state index contributed by atoms with van der Waals surface area (Å²) in [7, 11) is 0. The lowest BCUT2D eigenvalue weighted by Crippen LogP contribution is -2.32. The average Bonchev–Trinajstić information content (AvgIpc) is 2.52. The summed E-state index contributed by atoms with van der Waals surface area (Å²) in [6.45, 7) is 0.512. The zero-order valence-electron chi connectivity index (χ0n) is 11.7. The molecule has 1 amide bonds. The average molecular weight is 324 g/mol. The Balaban J connectivity index is 1.65. The molecule has 0 saturated carbocycles. The highest BCUT2D eigenvalue weighted by Crippen LogP contribution is 2.24. The molecular formula is C16H15ClFNO3. The second kappa shape index (κ2) is 8.24. The summed E-state index contributed by atoms with van der Waals surface area (Å²) >= 11 is 5.79. The van der Waals surface area contributed by atoms with Gasteiger partial charge in [-0.2, -0.15) is 0 Å². The Hall–Kier alpha value is -2.27. The van der Waals surface area contributed by atoms with E-state index < -0.39 is 5.82 Å². The molecule has 22 heavy (non-hydrogen) atoms. The summed E-state index contributed by atoms with van der Waals surface area (Å²) in [5, 5.41) is 2.77. The van der Waals surface area contributed by atoms with Crippen molar-refractivity contribution in [3.8, 4) is 11.5 Å². The molecule has 0 aliphatic carbocycles. The Bertz CT molecular complexity index is 622. The third-order valence-corrected chi connectivity index (χ3v) is 2.98. The minimum absolute atomic E-state index is 0.125. The highest BCUT2D eigenvalue weighted by atomic mass is 35.5. The van der Waals surface area contributed by atoms with Crippen LogP contribution in [0.5, 0.6) is 11.5 Å². The van der Waals surface area contributed by atoms with Crippen LogP contribution in [0.4, 0.5) is 4.39 Å². The van der Waals surface area contributed by atoms with Crippen molar-refractivity contribution in [3.05, 3.63) is 59.4 Å². The molecule has 2 aromatic rings. The van der Waals surface area contributed by atoms with Gasteiger partial charge in [-0.15, -0.1) is 0 Å². The topological polar surface area (TPSA) is 47.6 Å². The summed E-state index contributed by atoms with van der Waals surface area (Å²) < 4.78 is 23.5. The zero-order chi connectivity index (χ0) is 15.8. The van der Waals surface area contributed by atoms with Gasteiger partial charge >= 0.3 is 0 Å². The van der Waals surface area contributed by atoms with Crippen molar-refractivity contribution >= 4 is 17.5 Å². The molecule has 0 unspecified atom stereocenters. The van der Waals surface area contributed by atoms with Gasteiger partial charge in [0.25, 0.3) is 5.91 Å². The molecule has 0 fully saturated rings. The minimum atomic E-state index is -0.458. The van der Waals surface area contributed by atoms with Crippen LogP contribution in [0.2, 0.25) is 5.02 Å². The Morgan fingerprint density at radius 2 is 1.91 bits per heavy atom. The van der Waals surface area contributed by atoms with Gasteiger partial charge in [0.05, 0.1) is 11.6 Å². The van der Waals surface area contributed by atoms with Gasteiger partial charge in [0.2, 0.25) is 0 Å². The maximum absolute atomic E-state index is 12.9. The van der Waals surface area contributed by atoms with Crippen LogP contribution in [0.3, 0.4) is 0 Å². The molecule has 0 bridgehead atoms. The number of ether oxygens (including phenoxy) is 2. The van der Waals surface area contributed by atoms with Crippen molar-refractivity contribution in [2.75, 3.05) is 19.8 Å². The highest BCUT2D eigenvalue weighted by Gasteiger charge is 2.06. The van der Waals surface area contributed by atoms with Gasteiger partial charge in [0.1, 0.15) is 23.9 Å². The summed E-state index contributed by atoms with van der Waals surface area (Å²) in [5.41, 5.74) is 0. The van der Waals surface area contributed by atoms with E-state index in [9.17, 15) is 9.18 Å². The maximum atomic E-state index is 12.9. The molecule has 1 N–H and O–H groups in total. The first kappa shape index (κ1) is 16.1. The Labute approximate surface area is 132 Å². The minimum Gasteiger partial charge on any atom is -0.492 e. The van der Waals surface area contributed by atoms with Crippen LogP contribution >= 0.6 is 11.6 Å². The van der Waals surface area contributed by atoms with Gasteiger partial charge in [0.15, 0.2) is 6.61 Å². The van der Waals surface area contributed by atoms with E-state index in [4.69, 9.17) is 21.1 Å². The predicted octanol–water partition coefficient (Wildman–Crippen LogP) is 3.05. The zero-order valence-corrected chi connectivity index (χ0v) is 12.5. The van der Waals surface area contributed by atoms with Crippen molar-refractivity contribution in [1.29, 1.82) is 0 Å². The fourth-order valence-corrected chi connectivity index (χ4v) is 1.88. The number of hydrogen-bond acceptors (Lipinski definition) is 3. The molecular weight excluding hydrogens is 309 g/mol. The second-order valence-electron chi connectivity index (χ2n) is 4.37. The second-order valence-corrected chi connectivity index (χ2v) is 4.78. The van der Waals surface area contributed by atoms with Crippen LogP contribution in [-0.4, -0.2) is 25.7 Å². The molecule has 0 heterocycles. The van der Waals surface area contributed by atoms with E-state index >= 15 is 0 Å². The number of para-hydroxylation sites is 1. The van der Waals surface area contributed by atoms with Crippen LogP contribution in [-0.2, 0) is 4.79 Å². The van der Waals surface area contributed by atoms with Gasteiger partial charge in [-0.25, -0.2) is 4.39 Å². The molecule has 0 spiro atoms. The van der Waals surface area contributed by atoms with Gasteiger partial charge in [-0.05, 0) is 30.3 Å². The lowest BCUT2D eigenvalue weighted by Gasteiger charge is -2.09. The first-order chi connectivity index (χ1) is 10.6. The smallest absolute Gasteiger partial charge is 0.258 e. The summed E-state index contributed by atoms with van der Waals surface area (Å²) in [4.78, 5) is 11.6. The van der Waals surface area contributed by atoms with E-state index in [0.29, 0.717) is 13.2 Å². The largest absolute Gasteiger partial charge is 0.492 e. The molecule has 0 aliphatic heterocycles. The molecule has 2 rings (SSSR count). The molecule has 0 saturated heterocycles. The molecule has 0 atom stereocenters. The lowest BCUT2D eigenvalue weighted by atomic mass is 10.3. The SMILES string of the molecule is O=C(COc1ccc(F)cc1Cl)NCCOc1ccccc1. The van der Waals surface area contributed by atoms with Crippen molar-refractivity contribution < 1.29 is 18.7 Å². The van der Waals surface area contributed by atoms with Crippen molar-refractivity contribution in [2.24, 2.45) is 0 Å². The number of carbonyl (C=O) groups is 1.